The number of carboxylic acids is 1. The van der Waals surface area contributed by atoms with Crippen LogP contribution in [0.15, 0.2) is 41.3 Å². The normalized spacial score (nSPS) is 11.7. The molecule has 0 unspecified atom stereocenters. The summed E-state index contributed by atoms with van der Waals surface area (Å²) in [5.41, 5.74) is 1.04. The number of hydrogen-bond acceptors (Lipinski definition) is 3. The summed E-state index contributed by atoms with van der Waals surface area (Å²) in [6.07, 6.45) is 1.99. The van der Waals surface area contributed by atoms with Crippen LogP contribution in [-0.2, 0) is 14.8 Å². The summed E-state index contributed by atoms with van der Waals surface area (Å²) in [5.74, 6) is -0.822. The average molecular weight is 335 g/mol. The molecule has 0 bridgehead atoms. The molecule has 0 saturated heterocycles. The molecule has 0 radical (unpaired) electrons. The van der Waals surface area contributed by atoms with Gasteiger partial charge in [-0.1, -0.05) is 36.8 Å². The van der Waals surface area contributed by atoms with E-state index < -0.39 is 16.0 Å². The minimum absolute atomic E-state index is 0.120. The Morgan fingerprint density at radius 1 is 1.04 bits per heavy atom. The topological polar surface area (TPSA) is 83.5 Å². The van der Waals surface area contributed by atoms with Crippen LogP contribution in [0.25, 0.3) is 10.8 Å². The zero-order chi connectivity index (χ0) is 16.9. The summed E-state index contributed by atoms with van der Waals surface area (Å²) in [7, 11) is -3.57. The molecular formula is C17H21NO4S. The van der Waals surface area contributed by atoms with E-state index in [0.717, 1.165) is 10.9 Å². The summed E-state index contributed by atoms with van der Waals surface area (Å²) in [6.45, 7) is 2.26. The van der Waals surface area contributed by atoms with Crippen molar-refractivity contribution in [1.29, 1.82) is 0 Å². The Kier molecular flexibility index (Phi) is 5.74. The van der Waals surface area contributed by atoms with Crippen molar-refractivity contribution in [3.05, 3.63) is 42.0 Å². The summed E-state index contributed by atoms with van der Waals surface area (Å²) >= 11 is 0. The number of hydrogen-bond donors (Lipinski definition) is 2. The van der Waals surface area contributed by atoms with Crippen LogP contribution in [-0.4, -0.2) is 26.0 Å². The van der Waals surface area contributed by atoms with Gasteiger partial charge in [-0.3, -0.25) is 4.79 Å². The Morgan fingerprint density at radius 3 is 2.43 bits per heavy atom. The molecule has 0 aliphatic heterocycles. The third kappa shape index (κ3) is 4.53. The molecule has 0 aliphatic rings. The first-order chi connectivity index (χ1) is 10.9. The van der Waals surface area contributed by atoms with Crippen molar-refractivity contribution >= 4 is 26.8 Å². The summed E-state index contributed by atoms with van der Waals surface area (Å²) in [6, 6.07) is 10.9. The minimum Gasteiger partial charge on any atom is -0.481 e. The summed E-state index contributed by atoms with van der Waals surface area (Å²) in [5, 5.41) is 10.2. The Labute approximate surface area is 136 Å². The smallest absolute Gasteiger partial charge is 0.303 e. The van der Waals surface area contributed by atoms with Crippen LogP contribution in [0.4, 0.5) is 0 Å². The predicted octanol–water partition coefficient (Wildman–Crippen LogP) is 3.07. The molecule has 0 heterocycles. The van der Waals surface area contributed by atoms with Gasteiger partial charge in [0.2, 0.25) is 10.0 Å². The molecule has 0 aromatic heterocycles. The van der Waals surface area contributed by atoms with Gasteiger partial charge in [-0.05, 0) is 36.8 Å². The number of aliphatic carboxylic acids is 1. The number of aryl methyl sites for hydroxylation is 1. The summed E-state index contributed by atoms with van der Waals surface area (Å²) < 4.78 is 27.6. The number of nitrogens with one attached hydrogen (secondary N) is 1. The molecule has 0 spiro atoms. The van der Waals surface area contributed by atoms with Crippen molar-refractivity contribution in [2.75, 3.05) is 6.54 Å². The van der Waals surface area contributed by atoms with E-state index >= 15 is 0 Å². The maximum Gasteiger partial charge on any atom is 0.303 e. The third-order valence-corrected chi connectivity index (χ3v) is 5.27. The third-order valence-electron chi connectivity index (χ3n) is 3.75. The van der Waals surface area contributed by atoms with Crippen LogP contribution in [0.5, 0.6) is 0 Å². The van der Waals surface area contributed by atoms with E-state index in [1.165, 1.54) is 0 Å². The van der Waals surface area contributed by atoms with Gasteiger partial charge in [0.1, 0.15) is 0 Å². The first kappa shape index (κ1) is 17.4. The van der Waals surface area contributed by atoms with E-state index in [-0.39, 0.29) is 11.3 Å². The first-order valence-corrected chi connectivity index (χ1v) is 9.10. The van der Waals surface area contributed by atoms with E-state index in [4.69, 9.17) is 5.11 Å². The second-order valence-corrected chi connectivity index (χ2v) is 7.26. The molecule has 0 fully saturated rings. The quantitative estimate of drug-likeness (QED) is 0.726. The molecule has 0 atom stereocenters. The lowest BCUT2D eigenvalue weighted by atomic mass is 10.1. The largest absolute Gasteiger partial charge is 0.481 e. The van der Waals surface area contributed by atoms with Crippen molar-refractivity contribution in [1.82, 2.24) is 4.72 Å². The molecule has 2 aromatic rings. The highest BCUT2D eigenvalue weighted by molar-refractivity contribution is 7.89. The van der Waals surface area contributed by atoms with Gasteiger partial charge in [-0.25, -0.2) is 13.1 Å². The van der Waals surface area contributed by atoms with Crippen LogP contribution >= 0.6 is 0 Å². The van der Waals surface area contributed by atoms with Gasteiger partial charge in [0.05, 0.1) is 4.90 Å². The lowest BCUT2D eigenvalue weighted by Gasteiger charge is -2.11. The fraction of sp³-hybridized carbons (Fsp3) is 0.353. The van der Waals surface area contributed by atoms with Crippen molar-refractivity contribution in [2.45, 2.75) is 37.5 Å². The van der Waals surface area contributed by atoms with Gasteiger partial charge in [0.25, 0.3) is 0 Å². The molecule has 2 rings (SSSR count). The van der Waals surface area contributed by atoms with Crippen molar-refractivity contribution in [2.24, 2.45) is 0 Å². The Bertz CT molecular complexity index is 799. The monoisotopic (exact) mass is 335 g/mol. The first-order valence-electron chi connectivity index (χ1n) is 7.61. The van der Waals surface area contributed by atoms with Crippen molar-refractivity contribution in [3.8, 4) is 0 Å². The van der Waals surface area contributed by atoms with Crippen LogP contribution in [0.2, 0.25) is 0 Å². The molecule has 5 nitrogen and oxygen atoms in total. The van der Waals surface area contributed by atoms with E-state index in [1.807, 2.05) is 37.3 Å². The van der Waals surface area contributed by atoms with Gasteiger partial charge in [-0.2, -0.15) is 0 Å². The molecule has 0 amide bonds. The maximum absolute atomic E-state index is 12.5. The number of carboxylic acid groups (broad SMARTS) is 1. The van der Waals surface area contributed by atoms with Crippen LogP contribution in [0.3, 0.4) is 0 Å². The van der Waals surface area contributed by atoms with E-state index in [9.17, 15) is 13.2 Å². The number of sulfonamides is 1. The van der Waals surface area contributed by atoms with Crippen molar-refractivity contribution < 1.29 is 18.3 Å². The number of carbonyl (C=O) groups is 1. The molecule has 124 valence electrons. The molecule has 6 heteroatoms. The molecule has 0 saturated carbocycles. The van der Waals surface area contributed by atoms with Crippen LogP contribution < -0.4 is 4.72 Å². The zero-order valence-corrected chi connectivity index (χ0v) is 13.9. The van der Waals surface area contributed by atoms with E-state index in [2.05, 4.69) is 4.72 Å². The van der Waals surface area contributed by atoms with Gasteiger partial charge in [0.15, 0.2) is 0 Å². The lowest BCUT2D eigenvalue weighted by Crippen LogP contribution is -2.25. The average Bonchev–Trinajstić information content (AvgIpc) is 2.51. The highest BCUT2D eigenvalue weighted by Crippen LogP contribution is 2.25. The lowest BCUT2D eigenvalue weighted by molar-refractivity contribution is -0.137. The second-order valence-electron chi connectivity index (χ2n) is 5.53. The minimum atomic E-state index is -3.57. The van der Waals surface area contributed by atoms with Gasteiger partial charge in [-0.15, -0.1) is 0 Å². The van der Waals surface area contributed by atoms with E-state index in [0.29, 0.717) is 31.2 Å². The van der Waals surface area contributed by atoms with Gasteiger partial charge < -0.3 is 5.11 Å². The molecule has 2 N–H and O–H groups in total. The fourth-order valence-corrected chi connectivity index (χ4v) is 3.80. The molecule has 2 aromatic carbocycles. The summed E-state index contributed by atoms with van der Waals surface area (Å²) in [4.78, 5) is 10.7. The SMILES string of the molecule is Cc1ccc(S(=O)(=O)NCCCCCC(=O)O)c2ccccc12. The van der Waals surface area contributed by atoms with Gasteiger partial charge >= 0.3 is 5.97 Å². The number of fused-ring (bicyclic) bond motifs is 1. The molecule has 23 heavy (non-hydrogen) atoms. The standard InChI is InChI=1S/C17H21NO4S/c1-13-10-11-16(15-8-5-4-7-14(13)15)23(21,22)18-12-6-2-3-9-17(19)20/h4-5,7-8,10-11,18H,2-3,6,9,12H2,1H3,(H,19,20). The second kappa shape index (κ2) is 7.57. The molecular weight excluding hydrogens is 314 g/mol. The van der Waals surface area contributed by atoms with Crippen molar-refractivity contribution in [3.63, 3.8) is 0 Å². The zero-order valence-electron chi connectivity index (χ0n) is 13.1. The Balaban J connectivity index is 2.06. The highest BCUT2D eigenvalue weighted by atomic mass is 32.2. The highest BCUT2D eigenvalue weighted by Gasteiger charge is 2.17. The fourth-order valence-electron chi connectivity index (χ4n) is 2.52. The molecule has 0 aliphatic carbocycles. The van der Waals surface area contributed by atoms with E-state index in [1.54, 1.807) is 6.07 Å². The predicted molar refractivity (Wildman–Crippen MR) is 90.0 cm³/mol. The Morgan fingerprint density at radius 2 is 1.74 bits per heavy atom. The number of rotatable bonds is 8. The van der Waals surface area contributed by atoms with Crippen LogP contribution in [0, 0.1) is 6.92 Å². The number of benzene rings is 2. The Hall–Kier alpha value is -1.92. The van der Waals surface area contributed by atoms with Crippen LogP contribution in [0.1, 0.15) is 31.2 Å². The number of unbranched alkanes of at least 4 members (excludes halogenated alkanes) is 2. The van der Waals surface area contributed by atoms with Gasteiger partial charge in [0, 0.05) is 18.4 Å². The maximum atomic E-state index is 12.5.